The molecule has 5 nitrogen and oxygen atoms in total. The van der Waals surface area contributed by atoms with Gasteiger partial charge in [0.05, 0.1) is 25.9 Å². The molecule has 1 N–H and O–H groups in total. The first-order valence-corrected chi connectivity index (χ1v) is 7.61. The summed E-state index contributed by atoms with van der Waals surface area (Å²) in [5.74, 6) is 0.955. The van der Waals surface area contributed by atoms with Crippen molar-refractivity contribution in [2.75, 3.05) is 19.5 Å². The second-order valence-corrected chi connectivity index (χ2v) is 5.44. The number of anilines is 1. The van der Waals surface area contributed by atoms with E-state index in [1.807, 2.05) is 12.1 Å². The van der Waals surface area contributed by atoms with Crippen molar-refractivity contribution < 1.29 is 14.3 Å². The van der Waals surface area contributed by atoms with Gasteiger partial charge in [0.15, 0.2) is 0 Å². The molecule has 5 heteroatoms. The van der Waals surface area contributed by atoms with Gasteiger partial charge in [0.2, 0.25) is 0 Å². The molecule has 0 aromatic heterocycles. The number of methoxy groups -OCH3 is 2. The van der Waals surface area contributed by atoms with Crippen LogP contribution in [0.2, 0.25) is 0 Å². The zero-order valence-electron chi connectivity index (χ0n) is 13.9. The van der Waals surface area contributed by atoms with E-state index < -0.39 is 0 Å². The van der Waals surface area contributed by atoms with Gasteiger partial charge in [-0.3, -0.25) is 4.79 Å². The van der Waals surface area contributed by atoms with Crippen LogP contribution in [0.1, 0.15) is 15.9 Å². The maximum absolute atomic E-state index is 12.5. The standard InChI is InChI=1S/C20H16N2O3/c1-24-18-9-17(10-19(11-18)25-2)22-20(23)16-6-5-14-7-13(12-21)3-4-15(14)8-16/h3-11H,1-2H3,(H,22,23). The number of hydrogen-bond donors (Lipinski definition) is 1. The van der Waals surface area contributed by atoms with Crippen LogP contribution in [-0.4, -0.2) is 20.1 Å². The van der Waals surface area contributed by atoms with Crippen LogP contribution in [-0.2, 0) is 0 Å². The molecule has 0 saturated carbocycles. The van der Waals surface area contributed by atoms with Crippen LogP contribution in [0.3, 0.4) is 0 Å². The first kappa shape index (κ1) is 16.3. The second kappa shape index (κ2) is 6.93. The molecule has 0 aliphatic carbocycles. The summed E-state index contributed by atoms with van der Waals surface area (Å²) in [6, 6.07) is 18.0. The van der Waals surface area contributed by atoms with Gasteiger partial charge >= 0.3 is 0 Å². The molecule has 0 aliphatic heterocycles. The monoisotopic (exact) mass is 332 g/mol. The highest BCUT2D eigenvalue weighted by Crippen LogP contribution is 2.26. The van der Waals surface area contributed by atoms with Gasteiger partial charge in [-0.1, -0.05) is 12.1 Å². The van der Waals surface area contributed by atoms with Crippen LogP contribution >= 0.6 is 0 Å². The fraction of sp³-hybridized carbons (Fsp3) is 0.100. The van der Waals surface area contributed by atoms with Crippen molar-refractivity contribution in [3.8, 4) is 17.6 Å². The molecular weight excluding hydrogens is 316 g/mol. The quantitative estimate of drug-likeness (QED) is 0.784. The fourth-order valence-corrected chi connectivity index (χ4v) is 2.54. The molecule has 0 aliphatic rings. The zero-order chi connectivity index (χ0) is 17.8. The highest BCUT2D eigenvalue weighted by atomic mass is 16.5. The lowest BCUT2D eigenvalue weighted by molar-refractivity contribution is 0.102. The van der Waals surface area contributed by atoms with Crippen molar-refractivity contribution >= 4 is 22.4 Å². The molecule has 0 saturated heterocycles. The molecule has 0 spiro atoms. The molecule has 3 aromatic rings. The number of benzene rings is 3. The first-order chi connectivity index (χ1) is 12.1. The number of rotatable bonds is 4. The van der Waals surface area contributed by atoms with Crippen LogP contribution in [0.5, 0.6) is 11.5 Å². The predicted octanol–water partition coefficient (Wildman–Crippen LogP) is 3.98. The van der Waals surface area contributed by atoms with E-state index in [0.717, 1.165) is 10.8 Å². The van der Waals surface area contributed by atoms with Crippen molar-refractivity contribution in [1.82, 2.24) is 0 Å². The normalized spacial score (nSPS) is 10.1. The minimum Gasteiger partial charge on any atom is -0.497 e. The molecule has 25 heavy (non-hydrogen) atoms. The number of nitrogens with zero attached hydrogens (tertiary/aromatic N) is 1. The summed E-state index contributed by atoms with van der Waals surface area (Å²) in [5, 5.41) is 13.6. The summed E-state index contributed by atoms with van der Waals surface area (Å²) in [6.45, 7) is 0. The van der Waals surface area contributed by atoms with Gasteiger partial charge in [-0.15, -0.1) is 0 Å². The SMILES string of the molecule is COc1cc(NC(=O)c2ccc3cc(C#N)ccc3c2)cc(OC)c1. The van der Waals surface area contributed by atoms with Crippen LogP contribution in [0.15, 0.2) is 54.6 Å². The Kier molecular flexibility index (Phi) is 4.53. The number of nitrogens with one attached hydrogen (secondary N) is 1. The molecule has 3 rings (SSSR count). The average Bonchev–Trinajstić information content (AvgIpc) is 2.66. The number of amides is 1. The van der Waals surface area contributed by atoms with Crippen LogP contribution in [0.4, 0.5) is 5.69 Å². The molecule has 0 unspecified atom stereocenters. The van der Waals surface area contributed by atoms with E-state index in [1.54, 1.807) is 56.7 Å². The summed E-state index contributed by atoms with van der Waals surface area (Å²) in [7, 11) is 3.11. The smallest absolute Gasteiger partial charge is 0.255 e. The summed E-state index contributed by atoms with van der Waals surface area (Å²) in [6.07, 6.45) is 0. The van der Waals surface area contributed by atoms with Gasteiger partial charge in [0, 0.05) is 29.4 Å². The lowest BCUT2D eigenvalue weighted by atomic mass is 10.0. The summed E-state index contributed by atoms with van der Waals surface area (Å²) < 4.78 is 10.4. The highest BCUT2D eigenvalue weighted by molar-refractivity contribution is 6.06. The lowest BCUT2D eigenvalue weighted by Crippen LogP contribution is -2.12. The fourth-order valence-electron chi connectivity index (χ4n) is 2.54. The predicted molar refractivity (Wildman–Crippen MR) is 96.2 cm³/mol. The Hall–Kier alpha value is -3.52. The van der Waals surface area contributed by atoms with Gasteiger partial charge < -0.3 is 14.8 Å². The Balaban J connectivity index is 1.88. The largest absolute Gasteiger partial charge is 0.497 e. The lowest BCUT2D eigenvalue weighted by Gasteiger charge is -2.10. The van der Waals surface area contributed by atoms with Crippen LogP contribution < -0.4 is 14.8 Å². The van der Waals surface area contributed by atoms with E-state index in [0.29, 0.717) is 28.3 Å². The van der Waals surface area contributed by atoms with Crippen molar-refractivity contribution in [1.29, 1.82) is 5.26 Å². The molecule has 0 heterocycles. The Bertz CT molecular complexity index is 968. The summed E-state index contributed by atoms with van der Waals surface area (Å²) in [4.78, 5) is 12.5. The van der Waals surface area contributed by atoms with Crippen molar-refractivity contribution in [2.45, 2.75) is 0 Å². The number of hydrogen-bond acceptors (Lipinski definition) is 4. The molecule has 0 bridgehead atoms. The minimum absolute atomic E-state index is 0.235. The second-order valence-electron chi connectivity index (χ2n) is 5.44. The van der Waals surface area contributed by atoms with Crippen LogP contribution in [0, 0.1) is 11.3 Å². The van der Waals surface area contributed by atoms with Gasteiger partial charge in [0.1, 0.15) is 11.5 Å². The molecular formula is C20H16N2O3. The van der Waals surface area contributed by atoms with Gasteiger partial charge in [-0.25, -0.2) is 0 Å². The van der Waals surface area contributed by atoms with Crippen molar-refractivity contribution in [3.63, 3.8) is 0 Å². The number of carbonyl (C=O) groups is 1. The third-order valence-corrected chi connectivity index (χ3v) is 3.84. The van der Waals surface area contributed by atoms with E-state index in [4.69, 9.17) is 14.7 Å². The van der Waals surface area contributed by atoms with E-state index >= 15 is 0 Å². The van der Waals surface area contributed by atoms with E-state index in [9.17, 15) is 4.79 Å². The molecule has 3 aromatic carbocycles. The number of fused-ring (bicyclic) bond motifs is 1. The average molecular weight is 332 g/mol. The highest BCUT2D eigenvalue weighted by Gasteiger charge is 2.09. The molecule has 1 amide bonds. The first-order valence-electron chi connectivity index (χ1n) is 7.61. The topological polar surface area (TPSA) is 71.3 Å². The number of ether oxygens (including phenoxy) is 2. The maximum Gasteiger partial charge on any atom is 0.255 e. The zero-order valence-corrected chi connectivity index (χ0v) is 13.9. The summed E-state index contributed by atoms with van der Waals surface area (Å²) >= 11 is 0. The third-order valence-electron chi connectivity index (χ3n) is 3.84. The maximum atomic E-state index is 12.5. The van der Waals surface area contributed by atoms with Crippen molar-refractivity contribution in [3.05, 3.63) is 65.7 Å². The summed E-state index contributed by atoms with van der Waals surface area (Å²) in [5.41, 5.74) is 1.70. The Morgan fingerprint density at radius 2 is 1.56 bits per heavy atom. The number of carbonyl (C=O) groups excluding carboxylic acids is 1. The number of nitriles is 1. The minimum atomic E-state index is -0.235. The Morgan fingerprint density at radius 3 is 2.20 bits per heavy atom. The van der Waals surface area contributed by atoms with Crippen molar-refractivity contribution in [2.24, 2.45) is 0 Å². The van der Waals surface area contributed by atoms with Gasteiger partial charge in [0.25, 0.3) is 5.91 Å². The molecule has 0 radical (unpaired) electrons. The van der Waals surface area contributed by atoms with Crippen LogP contribution in [0.25, 0.3) is 10.8 Å². The molecule has 0 fully saturated rings. The van der Waals surface area contributed by atoms with Gasteiger partial charge in [-0.05, 0) is 35.0 Å². The molecule has 0 atom stereocenters. The van der Waals surface area contributed by atoms with Gasteiger partial charge in [-0.2, -0.15) is 5.26 Å². The van der Waals surface area contributed by atoms with E-state index in [-0.39, 0.29) is 5.91 Å². The Morgan fingerprint density at radius 1 is 0.920 bits per heavy atom. The van der Waals surface area contributed by atoms with E-state index in [1.165, 1.54) is 0 Å². The Labute approximate surface area is 145 Å². The molecule has 124 valence electrons. The van der Waals surface area contributed by atoms with E-state index in [2.05, 4.69) is 11.4 Å². The third kappa shape index (κ3) is 3.54.